The smallest absolute Gasteiger partial charge is 0.343 e. The normalized spacial score (nSPS) is 20.1. The molecule has 8 heteroatoms. The van der Waals surface area contributed by atoms with Crippen molar-refractivity contribution in [1.82, 2.24) is 9.55 Å². The number of aliphatic hydroxyl groups is 2. The Bertz CT molecular complexity index is 1330. The number of nitrogens with zero attached hydrogens (tertiary/aromatic N) is 2. The first kappa shape index (κ1) is 19.7. The van der Waals surface area contributed by atoms with Crippen LogP contribution in [0.15, 0.2) is 29.1 Å². The van der Waals surface area contributed by atoms with Gasteiger partial charge in [0.15, 0.2) is 5.60 Å². The predicted molar refractivity (Wildman–Crippen MR) is 112 cm³/mol. The number of carbonyl (C=O) groups excluding carboxylic acids is 1. The van der Waals surface area contributed by atoms with Crippen molar-refractivity contribution in [3.63, 3.8) is 0 Å². The summed E-state index contributed by atoms with van der Waals surface area (Å²) in [5.74, 6) is -0.115. The fourth-order valence-electron chi connectivity index (χ4n) is 4.69. The lowest BCUT2D eigenvalue weighted by molar-refractivity contribution is -0.172. The van der Waals surface area contributed by atoms with E-state index >= 15 is 0 Å². The van der Waals surface area contributed by atoms with Crippen LogP contribution in [0.5, 0.6) is 5.75 Å². The lowest BCUT2D eigenvalue weighted by atomic mass is 9.86. The second-order valence-electron chi connectivity index (χ2n) is 8.01. The molecule has 0 saturated carbocycles. The fourth-order valence-corrected chi connectivity index (χ4v) is 4.69. The highest BCUT2D eigenvalue weighted by Crippen LogP contribution is 2.42. The van der Waals surface area contributed by atoms with Crippen LogP contribution in [-0.4, -0.2) is 32.8 Å². The summed E-state index contributed by atoms with van der Waals surface area (Å²) in [4.78, 5) is 30.4. The molecule has 0 radical (unpaired) electrons. The van der Waals surface area contributed by atoms with E-state index in [0.29, 0.717) is 28.2 Å². The molecule has 31 heavy (non-hydrogen) atoms. The number of hydrogen-bond acceptors (Lipinski definition) is 7. The van der Waals surface area contributed by atoms with E-state index in [0.717, 1.165) is 10.9 Å². The highest BCUT2D eigenvalue weighted by molar-refractivity contribution is 5.90. The molecular weight excluding hydrogens is 400 g/mol. The maximum atomic E-state index is 13.3. The molecule has 0 amide bonds. The van der Waals surface area contributed by atoms with Gasteiger partial charge in [-0.2, -0.15) is 0 Å². The number of rotatable bonds is 3. The minimum absolute atomic E-state index is 0.0818. The van der Waals surface area contributed by atoms with E-state index in [1.165, 1.54) is 0 Å². The summed E-state index contributed by atoms with van der Waals surface area (Å²) >= 11 is 0. The van der Waals surface area contributed by atoms with Crippen LogP contribution in [0, 0.1) is 0 Å². The number of hydrogen-bond donors (Lipinski definition) is 2. The second-order valence-corrected chi connectivity index (χ2v) is 8.01. The lowest BCUT2D eigenvalue weighted by Gasteiger charge is -2.31. The van der Waals surface area contributed by atoms with Crippen molar-refractivity contribution in [2.24, 2.45) is 0 Å². The fraction of sp³-hybridized carbons (Fsp3) is 0.348. The van der Waals surface area contributed by atoms with Crippen molar-refractivity contribution in [3.05, 3.63) is 56.9 Å². The van der Waals surface area contributed by atoms with Crippen molar-refractivity contribution in [2.75, 3.05) is 7.11 Å². The molecule has 0 unspecified atom stereocenters. The summed E-state index contributed by atoms with van der Waals surface area (Å²) in [6.45, 7) is 3.39. The summed E-state index contributed by atoms with van der Waals surface area (Å²) in [7, 11) is 1.57. The van der Waals surface area contributed by atoms with Gasteiger partial charge >= 0.3 is 5.97 Å². The molecule has 2 aliphatic heterocycles. The predicted octanol–water partition coefficient (Wildman–Crippen LogP) is 2.14. The number of carbonyl (C=O) groups is 1. The van der Waals surface area contributed by atoms with Gasteiger partial charge in [-0.25, -0.2) is 9.78 Å². The number of pyridine rings is 2. The first-order valence-corrected chi connectivity index (χ1v) is 10.2. The maximum Gasteiger partial charge on any atom is 0.343 e. The van der Waals surface area contributed by atoms with Gasteiger partial charge in [0.25, 0.3) is 5.56 Å². The van der Waals surface area contributed by atoms with Gasteiger partial charge in [0.05, 0.1) is 42.2 Å². The molecule has 2 aromatic heterocycles. The Kier molecular flexibility index (Phi) is 4.22. The van der Waals surface area contributed by atoms with Crippen molar-refractivity contribution < 1.29 is 24.5 Å². The first-order chi connectivity index (χ1) is 14.8. The minimum Gasteiger partial charge on any atom is -0.497 e. The first-order valence-electron chi connectivity index (χ1n) is 10.2. The third-order valence-electron chi connectivity index (χ3n) is 6.36. The molecule has 2 atom stereocenters. The van der Waals surface area contributed by atoms with Crippen molar-refractivity contribution in [2.45, 2.75) is 45.1 Å². The van der Waals surface area contributed by atoms with Crippen molar-refractivity contribution in [1.29, 1.82) is 0 Å². The zero-order valence-corrected chi connectivity index (χ0v) is 17.4. The van der Waals surface area contributed by atoms with Gasteiger partial charge in [-0.15, -0.1) is 0 Å². The molecule has 3 aromatic rings. The molecule has 160 valence electrons. The standard InChI is InChI=1S/C23H22N2O6/c1-4-23(29)16-8-18-20-14(9-25(18)21(27)15(16)10-31-22(23)28)19(11(2)26)13-7-12(30-3)5-6-17(13)24-20/h5-8,11,26,29H,4,9-10H2,1-3H3/t11-,23+/m1/s1. The largest absolute Gasteiger partial charge is 0.497 e. The van der Waals surface area contributed by atoms with Crippen LogP contribution in [0.2, 0.25) is 0 Å². The molecule has 0 aliphatic carbocycles. The Morgan fingerprint density at radius 2 is 2.06 bits per heavy atom. The van der Waals surface area contributed by atoms with Crippen molar-refractivity contribution in [3.8, 4) is 17.1 Å². The summed E-state index contributed by atoms with van der Waals surface area (Å²) in [5, 5.41) is 22.3. The van der Waals surface area contributed by atoms with Crippen LogP contribution in [0.1, 0.15) is 48.6 Å². The van der Waals surface area contributed by atoms with E-state index in [-0.39, 0.29) is 36.3 Å². The van der Waals surface area contributed by atoms with Gasteiger partial charge in [-0.3, -0.25) is 4.79 Å². The lowest BCUT2D eigenvalue weighted by Crippen LogP contribution is -2.44. The topological polar surface area (TPSA) is 111 Å². The van der Waals surface area contributed by atoms with Crippen LogP contribution in [0.4, 0.5) is 0 Å². The SMILES string of the molecule is CC[C@@]1(O)C(=O)OCc2c1cc1n(c2=O)Cc2c-1nc1ccc(OC)cc1c2[C@@H](C)O. The molecule has 0 spiro atoms. The van der Waals surface area contributed by atoms with Crippen LogP contribution in [0.25, 0.3) is 22.3 Å². The minimum atomic E-state index is -1.87. The number of ether oxygens (including phenoxy) is 2. The Morgan fingerprint density at radius 1 is 1.29 bits per heavy atom. The Hall–Kier alpha value is -3.23. The van der Waals surface area contributed by atoms with E-state index in [1.54, 1.807) is 43.7 Å². The number of esters is 1. The van der Waals surface area contributed by atoms with Gasteiger partial charge < -0.3 is 24.3 Å². The van der Waals surface area contributed by atoms with E-state index in [4.69, 9.17) is 14.5 Å². The van der Waals surface area contributed by atoms with Gasteiger partial charge in [0, 0.05) is 16.5 Å². The number of aliphatic hydroxyl groups excluding tert-OH is 1. The summed E-state index contributed by atoms with van der Waals surface area (Å²) < 4.78 is 12.0. The number of fused-ring (bicyclic) bond motifs is 5. The van der Waals surface area contributed by atoms with Gasteiger partial charge in [0.2, 0.25) is 0 Å². The van der Waals surface area contributed by atoms with Crippen molar-refractivity contribution >= 4 is 16.9 Å². The van der Waals surface area contributed by atoms with Crippen LogP contribution in [0.3, 0.4) is 0 Å². The maximum absolute atomic E-state index is 13.3. The zero-order valence-electron chi connectivity index (χ0n) is 17.4. The number of benzene rings is 1. The van der Waals surface area contributed by atoms with E-state index in [1.807, 2.05) is 6.07 Å². The number of cyclic esters (lactones) is 1. The Labute approximate surface area is 177 Å². The van der Waals surface area contributed by atoms with Gasteiger partial charge in [-0.05, 0) is 43.2 Å². The average Bonchev–Trinajstić information content (AvgIpc) is 3.12. The van der Waals surface area contributed by atoms with Crippen LogP contribution >= 0.6 is 0 Å². The molecule has 0 bridgehead atoms. The molecular formula is C23H22N2O6. The average molecular weight is 422 g/mol. The summed E-state index contributed by atoms with van der Waals surface area (Å²) in [6.07, 6.45) is -0.721. The van der Waals surface area contributed by atoms with E-state index < -0.39 is 17.7 Å². The highest BCUT2D eigenvalue weighted by atomic mass is 16.6. The van der Waals surface area contributed by atoms with E-state index in [9.17, 15) is 19.8 Å². The van der Waals surface area contributed by atoms with E-state index in [2.05, 4.69) is 0 Å². The van der Waals surface area contributed by atoms with Gasteiger partial charge in [-0.1, -0.05) is 6.92 Å². The third-order valence-corrected chi connectivity index (χ3v) is 6.36. The molecule has 0 saturated heterocycles. The van der Waals surface area contributed by atoms with Gasteiger partial charge in [0.1, 0.15) is 12.4 Å². The molecule has 8 nitrogen and oxygen atoms in total. The number of methoxy groups -OCH3 is 1. The highest BCUT2D eigenvalue weighted by Gasteiger charge is 2.45. The molecule has 5 rings (SSSR count). The quantitative estimate of drug-likeness (QED) is 0.487. The third kappa shape index (κ3) is 2.58. The summed E-state index contributed by atoms with van der Waals surface area (Å²) in [6, 6.07) is 7.08. The number of aromatic nitrogens is 2. The molecule has 4 heterocycles. The zero-order chi connectivity index (χ0) is 22.1. The molecule has 0 fully saturated rings. The monoisotopic (exact) mass is 422 g/mol. The van der Waals surface area contributed by atoms with Crippen LogP contribution in [-0.2, 0) is 28.3 Å². The Balaban J connectivity index is 1.83. The molecule has 1 aromatic carbocycles. The summed E-state index contributed by atoms with van der Waals surface area (Å²) in [5.41, 5.74) is 1.48. The van der Waals surface area contributed by atoms with Crippen LogP contribution < -0.4 is 10.3 Å². The molecule has 2 aliphatic rings. The second kappa shape index (κ2) is 6.63. The Morgan fingerprint density at radius 3 is 2.74 bits per heavy atom. The molecule has 2 N–H and O–H groups in total.